The first-order valence-corrected chi connectivity index (χ1v) is 30.1. The Morgan fingerprint density at radius 2 is 1.59 bits per heavy atom. The lowest BCUT2D eigenvalue weighted by atomic mass is 9.85. The number of aryl methyl sites for hydroxylation is 3. The number of esters is 1. The van der Waals surface area contributed by atoms with Crippen LogP contribution >= 0.6 is 22.7 Å². The molecule has 2 unspecified atom stereocenters. The fraction of sp³-hybridized carbons (Fsp3) is 0.444. The highest BCUT2D eigenvalue weighted by Crippen LogP contribution is 2.36. The van der Waals surface area contributed by atoms with Crippen molar-refractivity contribution >= 4 is 73.4 Å². The van der Waals surface area contributed by atoms with E-state index in [1.54, 1.807) is 11.3 Å². The fourth-order valence-corrected chi connectivity index (χ4v) is 12.7. The van der Waals surface area contributed by atoms with Crippen molar-refractivity contribution in [2.24, 2.45) is 5.41 Å². The first-order valence-electron chi connectivity index (χ1n) is 28.4. The van der Waals surface area contributed by atoms with Gasteiger partial charge in [0, 0.05) is 61.4 Å². The van der Waals surface area contributed by atoms with E-state index in [-0.39, 0.29) is 54.8 Å². The molecule has 4 N–H and O–H groups in total. The smallest absolute Gasteiger partial charge is 0.358 e. The summed E-state index contributed by atoms with van der Waals surface area (Å²) in [7, 11) is 0. The lowest BCUT2D eigenvalue weighted by Gasteiger charge is -2.35. The molecule has 0 saturated carbocycles. The largest absolute Gasteiger partial charge is 0.455 e. The summed E-state index contributed by atoms with van der Waals surface area (Å²) in [5, 5.41) is 25.3. The summed E-state index contributed by atoms with van der Waals surface area (Å²) in [6.07, 6.45) is 4.26. The number of carbonyl (C=O) groups is 5. The van der Waals surface area contributed by atoms with E-state index < -0.39 is 35.2 Å². The molecule has 0 radical (unpaired) electrons. The number of aliphatic hydroxyl groups excluding tert-OH is 1. The molecule has 0 aliphatic carbocycles. The molecule has 6 heterocycles. The van der Waals surface area contributed by atoms with E-state index in [0.29, 0.717) is 54.6 Å². The number of β-amino-alcohol motifs (C(OH)–C–C–N with tert-alkyl or cyclic N) is 1. The van der Waals surface area contributed by atoms with Gasteiger partial charge in [0.15, 0.2) is 10.8 Å². The molecule has 2 aliphatic heterocycles. The van der Waals surface area contributed by atoms with Gasteiger partial charge in [-0.2, -0.15) is 5.10 Å². The van der Waals surface area contributed by atoms with Gasteiger partial charge >= 0.3 is 5.97 Å². The van der Waals surface area contributed by atoms with Crippen LogP contribution in [-0.4, -0.2) is 101 Å². The summed E-state index contributed by atoms with van der Waals surface area (Å²) >= 11 is 3.01. The second-order valence-electron chi connectivity index (χ2n) is 23.8. The summed E-state index contributed by atoms with van der Waals surface area (Å²) in [6, 6.07) is 23.3. The SMILES string of the molecule is Cc1ncsc1-c1ccc(C(C)NC(=O)[C@@H]2C[C@@H](O)CN2C(=O)C(NC(=O)CCCCCCCn2nc(C)c(-c3ccc(N4CCc5cccc(C(=O)Nc6nc7ccccc7s6)c5C4)nc3C(=O)OC(C)(C)C)c2C)C(C)(C)C)cc1. The highest BCUT2D eigenvalue weighted by molar-refractivity contribution is 7.22. The van der Waals surface area contributed by atoms with Crippen molar-refractivity contribution in [1.29, 1.82) is 0 Å². The van der Waals surface area contributed by atoms with Crippen LogP contribution in [0.1, 0.15) is 154 Å². The fourth-order valence-electron chi connectivity index (χ4n) is 11.0. The van der Waals surface area contributed by atoms with Crippen molar-refractivity contribution in [2.75, 3.05) is 23.3 Å². The third-order valence-electron chi connectivity index (χ3n) is 15.3. The molecule has 4 aromatic heterocycles. The highest BCUT2D eigenvalue weighted by atomic mass is 32.1. The average Bonchev–Trinajstić information content (AvgIpc) is 3.86. The predicted octanol–water partition coefficient (Wildman–Crippen LogP) is 11.1. The quantitative estimate of drug-likeness (QED) is 0.0440. The van der Waals surface area contributed by atoms with E-state index in [0.717, 1.165) is 85.7 Å². The maximum absolute atomic E-state index is 14.3. The van der Waals surface area contributed by atoms with Crippen LogP contribution in [0.15, 0.2) is 84.4 Å². The first kappa shape index (κ1) is 59.3. The zero-order valence-corrected chi connectivity index (χ0v) is 50.4. The number of aromatic nitrogens is 5. The third-order valence-corrected chi connectivity index (χ3v) is 17.2. The Labute approximate surface area is 488 Å². The summed E-state index contributed by atoms with van der Waals surface area (Å²) in [6.45, 7) is 20.7. The van der Waals surface area contributed by atoms with Gasteiger partial charge in [-0.05, 0) is 126 Å². The number of aliphatic hydroxyl groups is 1. The molecule has 9 rings (SSSR count). The maximum atomic E-state index is 14.3. The normalized spacial score (nSPS) is 16.2. The monoisotopic (exact) mass is 1150 g/mol. The minimum atomic E-state index is -0.903. The number of nitrogens with zero attached hydrogens (tertiary/aromatic N) is 7. The number of pyridine rings is 1. The summed E-state index contributed by atoms with van der Waals surface area (Å²) < 4.78 is 8.95. The lowest BCUT2D eigenvalue weighted by Crippen LogP contribution is -2.57. The number of ether oxygens (including phenoxy) is 1. The van der Waals surface area contributed by atoms with E-state index in [1.165, 1.54) is 16.2 Å². The van der Waals surface area contributed by atoms with E-state index in [2.05, 4.69) is 36.9 Å². The molecule has 82 heavy (non-hydrogen) atoms. The number of benzene rings is 3. The molecule has 1 fully saturated rings. The number of thiazole rings is 2. The molecule has 17 nitrogen and oxygen atoms in total. The van der Waals surface area contributed by atoms with Gasteiger partial charge in [0.25, 0.3) is 5.91 Å². The minimum absolute atomic E-state index is 0.00148. The van der Waals surface area contributed by atoms with Gasteiger partial charge < -0.3 is 30.3 Å². The Morgan fingerprint density at radius 3 is 2.30 bits per heavy atom. The third kappa shape index (κ3) is 13.8. The van der Waals surface area contributed by atoms with Crippen molar-refractivity contribution in [1.82, 2.24) is 40.3 Å². The van der Waals surface area contributed by atoms with Crippen LogP contribution in [-0.2, 0) is 38.6 Å². The minimum Gasteiger partial charge on any atom is -0.455 e. The second kappa shape index (κ2) is 25.0. The second-order valence-corrected chi connectivity index (χ2v) is 25.7. The zero-order chi connectivity index (χ0) is 58.6. The molecular weight excluding hydrogens is 1070 g/mol. The zero-order valence-electron chi connectivity index (χ0n) is 48.7. The van der Waals surface area contributed by atoms with Crippen LogP contribution in [0, 0.1) is 26.2 Å². The van der Waals surface area contributed by atoms with Crippen LogP contribution in [0.5, 0.6) is 0 Å². The Bertz CT molecular complexity index is 3450. The van der Waals surface area contributed by atoms with Crippen LogP contribution in [0.25, 0.3) is 31.8 Å². The standard InChI is InChI=1S/C63H76N10O7S2/c1-37(41-24-26-43(27-25-41)55-39(3)64-36-81-55)65-58(77)49-33-44(74)34-72(49)59(78)56(62(5,6)7)68-52(75)23-14-12-11-13-17-31-73-40(4)53(38(2)70-73)46-28-29-51(67-54(46)60(79)80-63(8,9)10)71-32-30-42-19-18-20-45(47(42)35-71)57(76)69-61-66-48-21-15-16-22-50(48)82-61/h15-16,18-22,24-29,36-37,44,49,56,74H,11-14,17,23,30-35H2,1-10H3,(H,65,77)(H,68,75)(H,66,69,76)/t37?,44-,49+,56?/m1/s1. The summed E-state index contributed by atoms with van der Waals surface area (Å²) in [4.78, 5) is 88.1. The summed E-state index contributed by atoms with van der Waals surface area (Å²) in [5.41, 5.74) is 10.0. The van der Waals surface area contributed by atoms with Crippen LogP contribution < -0.4 is 20.9 Å². The number of nitrogens with one attached hydrogen (secondary N) is 3. The highest BCUT2D eigenvalue weighted by Gasteiger charge is 2.45. The number of amides is 4. The van der Waals surface area contributed by atoms with Gasteiger partial charge in [0.1, 0.15) is 23.5 Å². The molecule has 3 aromatic carbocycles. The van der Waals surface area contributed by atoms with E-state index in [4.69, 9.17) is 14.8 Å². The Kier molecular flexibility index (Phi) is 18.1. The van der Waals surface area contributed by atoms with Gasteiger partial charge in [-0.1, -0.05) is 99.9 Å². The van der Waals surface area contributed by atoms with Gasteiger partial charge in [-0.3, -0.25) is 29.2 Å². The van der Waals surface area contributed by atoms with Gasteiger partial charge in [0.2, 0.25) is 17.7 Å². The molecule has 4 atom stereocenters. The Morgan fingerprint density at radius 1 is 0.841 bits per heavy atom. The first-order chi connectivity index (χ1) is 39.0. The van der Waals surface area contributed by atoms with Crippen LogP contribution in [0.3, 0.4) is 0 Å². The Hall–Kier alpha value is -7.35. The van der Waals surface area contributed by atoms with Crippen molar-refractivity contribution < 1.29 is 33.8 Å². The van der Waals surface area contributed by atoms with E-state index in [1.807, 2.05) is 152 Å². The molecule has 19 heteroatoms. The number of fused-ring (bicyclic) bond motifs is 2. The van der Waals surface area contributed by atoms with E-state index in [9.17, 15) is 29.1 Å². The van der Waals surface area contributed by atoms with Crippen molar-refractivity contribution in [2.45, 2.75) is 164 Å². The topological polar surface area (TPSA) is 214 Å². The number of hydrogen-bond acceptors (Lipinski definition) is 14. The number of para-hydroxylation sites is 1. The van der Waals surface area contributed by atoms with Crippen molar-refractivity contribution in [3.8, 4) is 21.6 Å². The molecular formula is C63H76N10O7S2. The average molecular weight is 1150 g/mol. The molecule has 2 aliphatic rings. The molecule has 0 bridgehead atoms. The van der Waals surface area contributed by atoms with Gasteiger partial charge in [0.05, 0.1) is 44.1 Å². The number of likely N-dealkylation sites (tertiary alicyclic amines) is 1. The summed E-state index contributed by atoms with van der Waals surface area (Å²) in [5.74, 6) is -1.14. The molecule has 7 aromatic rings. The maximum Gasteiger partial charge on any atom is 0.358 e. The number of rotatable bonds is 19. The lowest BCUT2D eigenvalue weighted by molar-refractivity contribution is -0.144. The number of anilines is 2. The number of unbranched alkanes of at least 4 members (excludes halogenated alkanes) is 4. The van der Waals surface area contributed by atoms with Gasteiger partial charge in [-0.25, -0.2) is 19.7 Å². The number of carbonyl (C=O) groups excluding carboxylic acids is 5. The van der Waals surface area contributed by atoms with Crippen molar-refractivity contribution in [3.05, 3.63) is 129 Å². The molecule has 0 spiro atoms. The number of hydrogen-bond donors (Lipinski definition) is 4. The predicted molar refractivity (Wildman–Crippen MR) is 323 cm³/mol. The van der Waals surface area contributed by atoms with E-state index >= 15 is 0 Å². The van der Waals surface area contributed by atoms with Gasteiger partial charge in [-0.15, -0.1) is 11.3 Å². The molecule has 432 valence electrons. The Balaban J connectivity index is 0.780. The van der Waals surface area contributed by atoms with Crippen LogP contribution in [0.2, 0.25) is 0 Å². The van der Waals surface area contributed by atoms with Crippen molar-refractivity contribution in [3.63, 3.8) is 0 Å². The molecule has 4 amide bonds. The van der Waals surface area contributed by atoms with Crippen LogP contribution in [0.4, 0.5) is 10.9 Å². The molecule has 1 saturated heterocycles.